The number of nitrogens with zero attached hydrogens (tertiary/aromatic N) is 6. The maximum Gasteiger partial charge on any atom is 0.435 e. The third kappa shape index (κ3) is 4.09. The lowest BCUT2D eigenvalue weighted by atomic mass is 10.1. The zero-order chi connectivity index (χ0) is 24.0. The number of rotatable bonds is 5. The number of aromatic nitrogens is 6. The Hall–Kier alpha value is -3.53. The summed E-state index contributed by atoms with van der Waals surface area (Å²) in [6, 6.07) is 10.5. The van der Waals surface area contributed by atoms with Crippen molar-refractivity contribution in [3.05, 3.63) is 76.7 Å². The molecule has 1 aromatic carbocycles. The number of alkyl halides is 3. The Balaban J connectivity index is 1.43. The minimum absolute atomic E-state index is 0.190. The SMILES string of the molecule is Cc1cc(C(F)(F)F)nn1-c1ccc(Cc2csc3cnc(-c4ccnn4C(C)C)nc23)cc1. The van der Waals surface area contributed by atoms with Gasteiger partial charge in [0.25, 0.3) is 0 Å². The molecule has 0 fully saturated rings. The van der Waals surface area contributed by atoms with Crippen LogP contribution in [0, 0.1) is 6.92 Å². The van der Waals surface area contributed by atoms with E-state index in [1.54, 1.807) is 36.6 Å². The van der Waals surface area contributed by atoms with Gasteiger partial charge < -0.3 is 0 Å². The van der Waals surface area contributed by atoms with Gasteiger partial charge >= 0.3 is 6.18 Å². The molecule has 5 rings (SSSR count). The van der Waals surface area contributed by atoms with E-state index in [1.165, 1.54) is 4.68 Å². The highest BCUT2D eigenvalue weighted by Gasteiger charge is 2.34. The highest BCUT2D eigenvalue weighted by atomic mass is 32.1. The Morgan fingerprint density at radius 1 is 1.09 bits per heavy atom. The van der Waals surface area contributed by atoms with E-state index in [1.807, 2.05) is 29.1 Å². The quantitative estimate of drug-likeness (QED) is 0.298. The van der Waals surface area contributed by atoms with Crippen LogP contribution in [0.15, 0.2) is 54.2 Å². The highest BCUT2D eigenvalue weighted by Crippen LogP contribution is 2.31. The molecule has 0 aliphatic rings. The van der Waals surface area contributed by atoms with Gasteiger partial charge in [0.1, 0.15) is 5.69 Å². The lowest BCUT2D eigenvalue weighted by molar-refractivity contribution is -0.141. The molecule has 0 aliphatic heterocycles. The van der Waals surface area contributed by atoms with Crippen LogP contribution in [0.2, 0.25) is 0 Å². The van der Waals surface area contributed by atoms with Gasteiger partial charge in [0.15, 0.2) is 11.5 Å². The summed E-state index contributed by atoms with van der Waals surface area (Å²) >= 11 is 1.59. The first-order chi connectivity index (χ1) is 16.2. The Bertz CT molecular complexity index is 1460. The molecule has 4 heterocycles. The van der Waals surface area contributed by atoms with Crippen molar-refractivity contribution in [3.63, 3.8) is 0 Å². The minimum atomic E-state index is -4.47. The van der Waals surface area contributed by atoms with Crippen molar-refractivity contribution in [2.75, 3.05) is 0 Å². The zero-order valence-corrected chi connectivity index (χ0v) is 19.5. The van der Waals surface area contributed by atoms with Crippen molar-refractivity contribution in [2.45, 2.75) is 39.4 Å². The monoisotopic (exact) mass is 482 g/mol. The summed E-state index contributed by atoms with van der Waals surface area (Å²) in [7, 11) is 0. The van der Waals surface area contributed by atoms with Crippen LogP contribution in [0.3, 0.4) is 0 Å². The summed E-state index contributed by atoms with van der Waals surface area (Å²) in [6.07, 6.45) is -0.237. The molecule has 0 unspecified atom stereocenters. The van der Waals surface area contributed by atoms with Gasteiger partial charge in [-0.15, -0.1) is 11.3 Å². The van der Waals surface area contributed by atoms with E-state index < -0.39 is 11.9 Å². The van der Waals surface area contributed by atoms with Crippen LogP contribution in [-0.2, 0) is 12.6 Å². The number of hydrogen-bond acceptors (Lipinski definition) is 5. The average Bonchev–Trinajstić information content (AvgIpc) is 3.52. The number of benzene rings is 1. The van der Waals surface area contributed by atoms with Crippen LogP contribution in [0.25, 0.3) is 27.4 Å². The van der Waals surface area contributed by atoms with Gasteiger partial charge in [-0.1, -0.05) is 12.1 Å². The molecule has 10 heteroatoms. The van der Waals surface area contributed by atoms with Crippen molar-refractivity contribution < 1.29 is 13.2 Å². The van der Waals surface area contributed by atoms with Crippen LogP contribution in [0.5, 0.6) is 0 Å². The van der Waals surface area contributed by atoms with Crippen LogP contribution in [0.4, 0.5) is 13.2 Å². The normalized spacial score (nSPS) is 12.2. The van der Waals surface area contributed by atoms with E-state index in [-0.39, 0.29) is 6.04 Å². The molecule has 0 atom stereocenters. The van der Waals surface area contributed by atoms with Crippen molar-refractivity contribution in [2.24, 2.45) is 0 Å². The van der Waals surface area contributed by atoms with Crippen molar-refractivity contribution >= 4 is 21.6 Å². The number of aryl methyl sites for hydroxylation is 1. The lowest BCUT2D eigenvalue weighted by Crippen LogP contribution is -2.07. The van der Waals surface area contributed by atoms with Gasteiger partial charge in [-0.25, -0.2) is 14.6 Å². The molecule has 4 aromatic heterocycles. The van der Waals surface area contributed by atoms with Crippen molar-refractivity contribution in [1.82, 2.24) is 29.5 Å². The van der Waals surface area contributed by atoms with Gasteiger partial charge in [0, 0.05) is 30.6 Å². The summed E-state index contributed by atoms with van der Waals surface area (Å²) in [5.41, 5.74) is 3.97. The highest BCUT2D eigenvalue weighted by molar-refractivity contribution is 7.17. The smallest absolute Gasteiger partial charge is 0.259 e. The number of thiophene rings is 1. The van der Waals surface area contributed by atoms with Gasteiger partial charge in [0.2, 0.25) is 0 Å². The van der Waals surface area contributed by atoms with Gasteiger partial charge in [-0.2, -0.15) is 23.4 Å². The van der Waals surface area contributed by atoms with E-state index in [2.05, 4.69) is 34.4 Å². The molecular formula is C24H21F3N6S. The number of fused-ring (bicyclic) bond motifs is 1. The number of halogens is 3. The van der Waals surface area contributed by atoms with Crippen molar-refractivity contribution in [1.29, 1.82) is 0 Å². The second kappa shape index (κ2) is 8.35. The lowest BCUT2D eigenvalue weighted by Gasteiger charge is -2.10. The van der Waals surface area contributed by atoms with Crippen LogP contribution in [0.1, 0.15) is 42.4 Å². The predicted molar refractivity (Wildman–Crippen MR) is 125 cm³/mol. The predicted octanol–water partition coefficient (Wildman–Crippen LogP) is 6.24. The Labute approximate surface area is 197 Å². The van der Waals surface area contributed by atoms with E-state index >= 15 is 0 Å². The molecule has 34 heavy (non-hydrogen) atoms. The maximum absolute atomic E-state index is 13.0. The summed E-state index contributed by atoms with van der Waals surface area (Å²) < 4.78 is 43.2. The van der Waals surface area contributed by atoms with E-state index in [4.69, 9.17) is 4.98 Å². The third-order valence-corrected chi connectivity index (χ3v) is 6.48. The molecule has 0 spiro atoms. The molecule has 0 radical (unpaired) electrons. The summed E-state index contributed by atoms with van der Waals surface area (Å²) in [5, 5.41) is 10.2. The topological polar surface area (TPSA) is 61.4 Å². The van der Waals surface area contributed by atoms with Crippen LogP contribution >= 0.6 is 11.3 Å². The van der Waals surface area contributed by atoms with Crippen molar-refractivity contribution in [3.8, 4) is 17.2 Å². The average molecular weight is 483 g/mol. The first-order valence-corrected chi connectivity index (χ1v) is 11.6. The molecule has 0 saturated heterocycles. The van der Waals surface area contributed by atoms with Crippen LogP contribution < -0.4 is 0 Å². The summed E-state index contributed by atoms with van der Waals surface area (Å²) in [5.74, 6) is 0.628. The standard InChI is InChI=1S/C24H21F3N6S/c1-14(2)32-19(8-9-29-32)23-28-12-20-22(30-23)17(13-34-20)11-16-4-6-18(7-5-16)33-15(3)10-21(31-33)24(25,26)27/h4-10,12-14H,11H2,1-3H3. The Morgan fingerprint density at radius 3 is 2.53 bits per heavy atom. The number of hydrogen-bond donors (Lipinski definition) is 0. The molecule has 5 aromatic rings. The molecule has 174 valence electrons. The first-order valence-electron chi connectivity index (χ1n) is 10.7. The Kier molecular flexibility index (Phi) is 5.47. The zero-order valence-electron chi connectivity index (χ0n) is 18.7. The summed E-state index contributed by atoms with van der Waals surface area (Å²) in [4.78, 5) is 9.37. The van der Waals surface area contributed by atoms with Crippen LogP contribution in [-0.4, -0.2) is 29.5 Å². The molecule has 6 nitrogen and oxygen atoms in total. The summed E-state index contributed by atoms with van der Waals surface area (Å²) in [6.45, 7) is 5.73. The maximum atomic E-state index is 13.0. The molecule has 0 amide bonds. The van der Waals surface area contributed by atoms with Gasteiger partial charge in [-0.3, -0.25) is 4.68 Å². The molecule has 0 bridgehead atoms. The van der Waals surface area contributed by atoms with E-state index in [0.717, 1.165) is 33.1 Å². The largest absolute Gasteiger partial charge is 0.435 e. The third-order valence-electron chi connectivity index (χ3n) is 5.53. The van der Waals surface area contributed by atoms with E-state index in [0.29, 0.717) is 23.6 Å². The van der Waals surface area contributed by atoms with E-state index in [9.17, 15) is 13.2 Å². The second-order valence-corrected chi connectivity index (χ2v) is 9.26. The molecule has 0 saturated carbocycles. The Morgan fingerprint density at radius 2 is 1.85 bits per heavy atom. The second-order valence-electron chi connectivity index (χ2n) is 8.35. The minimum Gasteiger partial charge on any atom is -0.259 e. The van der Waals surface area contributed by atoms with Gasteiger partial charge in [0.05, 0.1) is 15.9 Å². The fourth-order valence-corrected chi connectivity index (χ4v) is 4.74. The first kappa shape index (κ1) is 22.3. The fraction of sp³-hybridized carbons (Fsp3) is 0.250. The molecule has 0 N–H and O–H groups in total. The van der Waals surface area contributed by atoms with Gasteiger partial charge in [-0.05, 0) is 61.5 Å². The molecule has 0 aliphatic carbocycles. The fourth-order valence-electron chi connectivity index (χ4n) is 3.88. The molecular weight excluding hydrogens is 461 g/mol.